The maximum atomic E-state index is 12.8. The van der Waals surface area contributed by atoms with Crippen LogP contribution in [0.3, 0.4) is 0 Å². The maximum Gasteiger partial charge on any atom is 0.241 e. The van der Waals surface area contributed by atoms with Gasteiger partial charge in [0.25, 0.3) is 0 Å². The van der Waals surface area contributed by atoms with Gasteiger partial charge in [0.1, 0.15) is 0 Å². The number of carbonyl (C=O) groups is 3. The summed E-state index contributed by atoms with van der Waals surface area (Å²) in [4.78, 5) is 38.3. The molecular weight excluding hydrogens is 392 g/mol. The lowest BCUT2D eigenvalue weighted by Gasteiger charge is -2.27. The molecule has 166 valence electrons. The van der Waals surface area contributed by atoms with Crippen LogP contribution in [-0.4, -0.2) is 41.8 Å². The van der Waals surface area contributed by atoms with E-state index in [1.165, 1.54) is 6.92 Å². The standard InChI is InChI=1S/C24H32N4O3/c1-7-28(14-22(30)26-21-10-8-20(9-11-21)25-19(6)29)18(5)24(31)27-23-16(3)12-15(2)13-17(23)4/h8-13,18H,7,14H2,1-6H3,(H,25,29)(H,26,30)(H,27,31)/t18-/m1/s1. The Kier molecular flexibility index (Phi) is 8.33. The molecule has 3 amide bonds. The number of hydrogen-bond donors (Lipinski definition) is 3. The molecule has 0 heterocycles. The van der Waals surface area contributed by atoms with Crippen molar-refractivity contribution in [2.75, 3.05) is 29.0 Å². The minimum atomic E-state index is -0.474. The van der Waals surface area contributed by atoms with E-state index in [0.29, 0.717) is 17.9 Å². The molecule has 0 aliphatic heterocycles. The maximum absolute atomic E-state index is 12.8. The van der Waals surface area contributed by atoms with Crippen LogP contribution in [0.1, 0.15) is 37.5 Å². The first-order valence-electron chi connectivity index (χ1n) is 10.4. The number of anilines is 3. The third kappa shape index (κ3) is 6.93. The van der Waals surface area contributed by atoms with Crippen molar-refractivity contribution in [3.63, 3.8) is 0 Å². The van der Waals surface area contributed by atoms with Crippen LogP contribution in [0.4, 0.5) is 17.1 Å². The van der Waals surface area contributed by atoms with E-state index >= 15 is 0 Å². The lowest BCUT2D eigenvalue weighted by molar-refractivity contribution is -0.123. The molecular formula is C24H32N4O3. The molecule has 1 atom stereocenters. The minimum Gasteiger partial charge on any atom is -0.326 e. The third-order valence-electron chi connectivity index (χ3n) is 5.09. The van der Waals surface area contributed by atoms with E-state index in [0.717, 1.165) is 22.4 Å². The molecule has 0 saturated heterocycles. The molecule has 0 bridgehead atoms. The predicted octanol–water partition coefficient (Wildman–Crippen LogP) is 3.86. The number of rotatable bonds is 8. The van der Waals surface area contributed by atoms with Crippen molar-refractivity contribution in [2.45, 2.75) is 47.6 Å². The zero-order valence-corrected chi connectivity index (χ0v) is 19.1. The first kappa shape index (κ1) is 24.1. The van der Waals surface area contributed by atoms with Crippen LogP contribution in [0.2, 0.25) is 0 Å². The van der Waals surface area contributed by atoms with Crippen LogP contribution in [0.15, 0.2) is 36.4 Å². The summed E-state index contributed by atoms with van der Waals surface area (Å²) >= 11 is 0. The molecule has 0 radical (unpaired) electrons. The first-order valence-corrected chi connectivity index (χ1v) is 10.4. The summed E-state index contributed by atoms with van der Waals surface area (Å²) in [7, 11) is 0. The second kappa shape index (κ2) is 10.7. The highest BCUT2D eigenvalue weighted by molar-refractivity contribution is 5.97. The molecule has 0 spiro atoms. The molecule has 0 aliphatic rings. The van der Waals surface area contributed by atoms with Gasteiger partial charge in [-0.2, -0.15) is 0 Å². The van der Waals surface area contributed by atoms with E-state index in [-0.39, 0.29) is 24.3 Å². The number of carbonyl (C=O) groups excluding carboxylic acids is 3. The number of likely N-dealkylation sites (N-methyl/N-ethyl adjacent to an activating group) is 1. The van der Waals surface area contributed by atoms with Gasteiger partial charge in [-0.3, -0.25) is 19.3 Å². The summed E-state index contributed by atoms with van der Waals surface area (Å²) in [6, 6.07) is 10.5. The third-order valence-corrected chi connectivity index (χ3v) is 5.09. The highest BCUT2D eigenvalue weighted by Crippen LogP contribution is 2.22. The van der Waals surface area contributed by atoms with Gasteiger partial charge in [0.15, 0.2) is 0 Å². The Morgan fingerprint density at radius 3 is 1.90 bits per heavy atom. The molecule has 0 saturated carbocycles. The van der Waals surface area contributed by atoms with E-state index in [1.807, 2.05) is 44.7 Å². The highest BCUT2D eigenvalue weighted by atomic mass is 16.2. The van der Waals surface area contributed by atoms with Gasteiger partial charge in [0.2, 0.25) is 17.7 Å². The number of nitrogens with zero attached hydrogens (tertiary/aromatic N) is 1. The van der Waals surface area contributed by atoms with E-state index in [9.17, 15) is 14.4 Å². The molecule has 0 unspecified atom stereocenters. The fourth-order valence-electron chi connectivity index (χ4n) is 3.52. The molecule has 2 rings (SSSR count). The largest absolute Gasteiger partial charge is 0.326 e. The van der Waals surface area contributed by atoms with Crippen molar-refractivity contribution in [1.82, 2.24) is 4.90 Å². The van der Waals surface area contributed by atoms with Crippen molar-refractivity contribution in [2.24, 2.45) is 0 Å². The van der Waals surface area contributed by atoms with Gasteiger partial charge >= 0.3 is 0 Å². The van der Waals surface area contributed by atoms with E-state index in [4.69, 9.17) is 0 Å². The molecule has 31 heavy (non-hydrogen) atoms. The molecule has 3 N–H and O–H groups in total. The minimum absolute atomic E-state index is 0.0877. The fourth-order valence-corrected chi connectivity index (χ4v) is 3.52. The smallest absolute Gasteiger partial charge is 0.241 e. The van der Waals surface area contributed by atoms with Gasteiger partial charge in [-0.25, -0.2) is 0 Å². The van der Waals surface area contributed by atoms with Gasteiger partial charge in [0.05, 0.1) is 12.6 Å². The predicted molar refractivity (Wildman–Crippen MR) is 125 cm³/mol. The first-order chi connectivity index (χ1) is 14.6. The van der Waals surface area contributed by atoms with Gasteiger partial charge < -0.3 is 16.0 Å². The summed E-state index contributed by atoms with van der Waals surface area (Å²) < 4.78 is 0. The summed E-state index contributed by atoms with van der Waals surface area (Å²) in [6.45, 7) is 11.8. The Bertz CT molecular complexity index is 931. The van der Waals surface area contributed by atoms with Crippen molar-refractivity contribution in [3.8, 4) is 0 Å². The van der Waals surface area contributed by atoms with E-state index in [1.54, 1.807) is 31.2 Å². The topological polar surface area (TPSA) is 90.5 Å². The Morgan fingerprint density at radius 1 is 0.903 bits per heavy atom. The van der Waals surface area contributed by atoms with Crippen molar-refractivity contribution in [3.05, 3.63) is 53.1 Å². The van der Waals surface area contributed by atoms with E-state index in [2.05, 4.69) is 16.0 Å². The normalized spacial score (nSPS) is 11.7. The second-order valence-corrected chi connectivity index (χ2v) is 7.81. The number of aryl methyl sites for hydroxylation is 3. The Labute approximate surface area is 184 Å². The molecule has 0 aliphatic carbocycles. The Balaban J connectivity index is 1.98. The van der Waals surface area contributed by atoms with Gasteiger partial charge in [-0.05, 0) is 69.6 Å². The number of nitrogens with one attached hydrogen (secondary N) is 3. The van der Waals surface area contributed by atoms with Crippen LogP contribution in [0.25, 0.3) is 0 Å². The Hall–Kier alpha value is -3.19. The van der Waals surface area contributed by atoms with Crippen LogP contribution < -0.4 is 16.0 Å². The molecule has 0 aromatic heterocycles. The Morgan fingerprint density at radius 2 is 1.42 bits per heavy atom. The molecule has 7 nitrogen and oxygen atoms in total. The van der Waals surface area contributed by atoms with Gasteiger partial charge in [0, 0.05) is 24.0 Å². The van der Waals surface area contributed by atoms with Crippen molar-refractivity contribution in [1.29, 1.82) is 0 Å². The second-order valence-electron chi connectivity index (χ2n) is 7.81. The lowest BCUT2D eigenvalue weighted by Crippen LogP contribution is -2.45. The molecule has 0 fully saturated rings. The van der Waals surface area contributed by atoms with Crippen LogP contribution in [0, 0.1) is 20.8 Å². The summed E-state index contributed by atoms with van der Waals surface area (Å²) in [5, 5.41) is 8.53. The zero-order chi connectivity index (χ0) is 23.1. The highest BCUT2D eigenvalue weighted by Gasteiger charge is 2.23. The SMILES string of the molecule is CCN(CC(=O)Nc1ccc(NC(C)=O)cc1)[C@H](C)C(=O)Nc1c(C)cc(C)cc1C. The van der Waals surface area contributed by atoms with Crippen LogP contribution >= 0.6 is 0 Å². The summed E-state index contributed by atoms with van der Waals surface area (Å²) in [5.41, 5.74) is 5.29. The monoisotopic (exact) mass is 424 g/mol. The van der Waals surface area contributed by atoms with E-state index < -0.39 is 6.04 Å². The van der Waals surface area contributed by atoms with Gasteiger partial charge in [-0.15, -0.1) is 0 Å². The van der Waals surface area contributed by atoms with Gasteiger partial charge in [-0.1, -0.05) is 24.6 Å². The fraction of sp³-hybridized carbons (Fsp3) is 0.375. The molecule has 2 aromatic carbocycles. The van der Waals surface area contributed by atoms with Crippen LogP contribution in [-0.2, 0) is 14.4 Å². The van der Waals surface area contributed by atoms with Crippen molar-refractivity contribution >= 4 is 34.8 Å². The summed E-state index contributed by atoms with van der Waals surface area (Å²) in [5.74, 6) is -0.514. The lowest BCUT2D eigenvalue weighted by atomic mass is 10.0. The van der Waals surface area contributed by atoms with Crippen LogP contribution in [0.5, 0.6) is 0 Å². The number of benzene rings is 2. The zero-order valence-electron chi connectivity index (χ0n) is 19.1. The molecule has 2 aromatic rings. The number of amides is 3. The average Bonchev–Trinajstić information content (AvgIpc) is 2.69. The molecule has 7 heteroatoms. The summed E-state index contributed by atoms with van der Waals surface area (Å²) in [6.07, 6.45) is 0. The average molecular weight is 425 g/mol. The quantitative estimate of drug-likeness (QED) is 0.600. The number of hydrogen-bond acceptors (Lipinski definition) is 4. The van der Waals surface area contributed by atoms with Crippen molar-refractivity contribution < 1.29 is 14.4 Å².